The summed E-state index contributed by atoms with van der Waals surface area (Å²) < 4.78 is 10.9. The molecule has 0 saturated carbocycles. The monoisotopic (exact) mass is 256 g/mol. The molecule has 3 N–H and O–H groups in total. The van der Waals surface area contributed by atoms with Crippen LogP contribution in [-0.4, -0.2) is 25.2 Å². The maximum atomic E-state index is 7.45. The van der Waals surface area contributed by atoms with Crippen LogP contribution in [-0.2, 0) is 4.74 Å². The third kappa shape index (κ3) is 4.24. The predicted octanol–water partition coefficient (Wildman–Crippen LogP) is 2.43. The summed E-state index contributed by atoms with van der Waals surface area (Å²) >= 11 is 5.89. The van der Waals surface area contributed by atoms with Gasteiger partial charge in [-0.3, -0.25) is 5.41 Å². The highest BCUT2D eigenvalue weighted by Gasteiger charge is 2.11. The molecule has 4 nitrogen and oxygen atoms in total. The highest BCUT2D eigenvalue weighted by molar-refractivity contribution is 6.30. The Labute approximate surface area is 106 Å². The summed E-state index contributed by atoms with van der Waals surface area (Å²) in [5.74, 6) is 0.470. The standard InChI is InChI=1S/C12H17ClN2O2/c1-3-16-7-8(2)17-11-6-9(13)4-5-10(11)12(14)15/h4-6,8H,3,7H2,1-2H3,(H3,14,15). The molecule has 0 fully saturated rings. The van der Waals surface area contributed by atoms with Crippen LogP contribution in [0.5, 0.6) is 5.75 Å². The molecule has 0 aliphatic rings. The zero-order chi connectivity index (χ0) is 12.8. The van der Waals surface area contributed by atoms with Crippen molar-refractivity contribution in [2.75, 3.05) is 13.2 Å². The van der Waals surface area contributed by atoms with Gasteiger partial charge in [-0.05, 0) is 32.0 Å². The van der Waals surface area contributed by atoms with E-state index in [1.165, 1.54) is 0 Å². The average Bonchev–Trinajstić information content (AvgIpc) is 2.26. The molecule has 0 saturated heterocycles. The quantitative estimate of drug-likeness (QED) is 0.607. The number of hydrogen-bond donors (Lipinski definition) is 2. The SMILES string of the molecule is CCOCC(C)Oc1cc(Cl)ccc1C(=N)N. The van der Waals surface area contributed by atoms with E-state index in [1.54, 1.807) is 18.2 Å². The van der Waals surface area contributed by atoms with E-state index in [9.17, 15) is 0 Å². The van der Waals surface area contributed by atoms with E-state index < -0.39 is 0 Å². The first-order valence-corrected chi connectivity index (χ1v) is 5.80. The Kier molecular flexibility index (Phi) is 5.25. The Morgan fingerprint density at radius 3 is 2.82 bits per heavy atom. The molecule has 0 aliphatic carbocycles. The Morgan fingerprint density at radius 1 is 1.53 bits per heavy atom. The summed E-state index contributed by atoms with van der Waals surface area (Å²) in [7, 11) is 0. The molecule has 94 valence electrons. The largest absolute Gasteiger partial charge is 0.487 e. The van der Waals surface area contributed by atoms with Crippen LogP contribution in [0.15, 0.2) is 18.2 Å². The van der Waals surface area contributed by atoms with Crippen molar-refractivity contribution >= 4 is 17.4 Å². The number of halogens is 1. The molecule has 1 aromatic rings. The van der Waals surface area contributed by atoms with E-state index in [0.29, 0.717) is 29.5 Å². The van der Waals surface area contributed by atoms with Crippen molar-refractivity contribution < 1.29 is 9.47 Å². The summed E-state index contributed by atoms with van der Waals surface area (Å²) in [6, 6.07) is 5.01. The van der Waals surface area contributed by atoms with Crippen LogP contribution in [0.3, 0.4) is 0 Å². The van der Waals surface area contributed by atoms with Gasteiger partial charge in [-0.2, -0.15) is 0 Å². The second kappa shape index (κ2) is 6.47. The molecule has 0 radical (unpaired) electrons. The van der Waals surface area contributed by atoms with Gasteiger partial charge in [0.1, 0.15) is 17.7 Å². The highest BCUT2D eigenvalue weighted by Crippen LogP contribution is 2.24. The maximum absolute atomic E-state index is 7.45. The van der Waals surface area contributed by atoms with Crippen LogP contribution >= 0.6 is 11.6 Å². The molecule has 0 aliphatic heterocycles. The number of nitrogens with one attached hydrogen (secondary N) is 1. The minimum absolute atomic E-state index is 0.0414. The molecule has 0 amide bonds. The lowest BCUT2D eigenvalue weighted by molar-refractivity contribution is 0.0656. The minimum Gasteiger partial charge on any atom is -0.487 e. The number of hydrogen-bond acceptors (Lipinski definition) is 3. The second-order valence-electron chi connectivity index (χ2n) is 3.64. The van der Waals surface area contributed by atoms with E-state index in [2.05, 4.69) is 0 Å². The zero-order valence-electron chi connectivity index (χ0n) is 10.00. The molecular weight excluding hydrogens is 240 g/mol. The van der Waals surface area contributed by atoms with Crippen LogP contribution in [0.25, 0.3) is 0 Å². The van der Waals surface area contributed by atoms with Gasteiger partial charge >= 0.3 is 0 Å². The zero-order valence-corrected chi connectivity index (χ0v) is 10.8. The lowest BCUT2D eigenvalue weighted by Crippen LogP contribution is -2.21. The molecule has 0 spiro atoms. The maximum Gasteiger partial charge on any atom is 0.132 e. The van der Waals surface area contributed by atoms with Gasteiger partial charge in [-0.1, -0.05) is 11.6 Å². The van der Waals surface area contributed by atoms with Crippen molar-refractivity contribution in [3.8, 4) is 5.75 Å². The Morgan fingerprint density at radius 2 is 2.24 bits per heavy atom. The van der Waals surface area contributed by atoms with Gasteiger partial charge in [0.2, 0.25) is 0 Å². The van der Waals surface area contributed by atoms with Gasteiger partial charge < -0.3 is 15.2 Å². The predicted molar refractivity (Wildman–Crippen MR) is 69.1 cm³/mol. The molecule has 17 heavy (non-hydrogen) atoms. The number of benzene rings is 1. The molecule has 1 unspecified atom stereocenters. The van der Waals surface area contributed by atoms with Crippen LogP contribution < -0.4 is 10.5 Å². The third-order valence-corrected chi connectivity index (χ3v) is 2.35. The molecule has 5 heteroatoms. The van der Waals surface area contributed by atoms with E-state index in [1.807, 2.05) is 13.8 Å². The van der Waals surface area contributed by atoms with Crippen LogP contribution in [0, 0.1) is 5.41 Å². The number of nitrogen functional groups attached to an aromatic ring is 1. The average molecular weight is 257 g/mol. The van der Waals surface area contributed by atoms with Crippen LogP contribution in [0.2, 0.25) is 5.02 Å². The fourth-order valence-electron chi connectivity index (χ4n) is 1.35. The smallest absolute Gasteiger partial charge is 0.132 e. The van der Waals surface area contributed by atoms with Crippen molar-refractivity contribution in [2.24, 2.45) is 5.73 Å². The van der Waals surface area contributed by atoms with Gasteiger partial charge in [-0.15, -0.1) is 0 Å². The number of ether oxygens (including phenoxy) is 2. The topological polar surface area (TPSA) is 68.3 Å². The summed E-state index contributed by atoms with van der Waals surface area (Å²) in [6.45, 7) is 4.94. The van der Waals surface area contributed by atoms with Crippen LogP contribution in [0.1, 0.15) is 19.4 Å². The van der Waals surface area contributed by atoms with Crippen molar-refractivity contribution in [1.29, 1.82) is 5.41 Å². The molecule has 0 bridgehead atoms. The summed E-state index contributed by atoms with van der Waals surface area (Å²) in [6.07, 6.45) is -0.119. The van der Waals surface area contributed by atoms with Gasteiger partial charge in [0.25, 0.3) is 0 Å². The van der Waals surface area contributed by atoms with Crippen molar-refractivity contribution in [2.45, 2.75) is 20.0 Å². The molecule has 0 aromatic heterocycles. The first-order chi connectivity index (χ1) is 8.04. The molecule has 1 atom stereocenters. The van der Waals surface area contributed by atoms with Crippen LogP contribution in [0.4, 0.5) is 0 Å². The lowest BCUT2D eigenvalue weighted by Gasteiger charge is -2.17. The first-order valence-electron chi connectivity index (χ1n) is 5.43. The van der Waals surface area contributed by atoms with E-state index >= 15 is 0 Å². The van der Waals surface area contributed by atoms with E-state index in [4.69, 9.17) is 32.2 Å². The summed E-state index contributed by atoms with van der Waals surface area (Å²) in [4.78, 5) is 0. The van der Waals surface area contributed by atoms with E-state index in [0.717, 1.165) is 0 Å². The van der Waals surface area contributed by atoms with Crippen molar-refractivity contribution in [3.05, 3.63) is 28.8 Å². The fraction of sp³-hybridized carbons (Fsp3) is 0.417. The second-order valence-corrected chi connectivity index (χ2v) is 4.08. The van der Waals surface area contributed by atoms with Gasteiger partial charge in [-0.25, -0.2) is 0 Å². The van der Waals surface area contributed by atoms with E-state index in [-0.39, 0.29) is 11.9 Å². The highest BCUT2D eigenvalue weighted by atomic mass is 35.5. The number of amidine groups is 1. The summed E-state index contributed by atoms with van der Waals surface area (Å²) in [5, 5.41) is 8.00. The molecule has 0 heterocycles. The Balaban J connectivity index is 2.81. The van der Waals surface area contributed by atoms with Gasteiger partial charge in [0.05, 0.1) is 12.2 Å². The first kappa shape index (κ1) is 13.8. The number of rotatable bonds is 6. The number of nitrogens with two attached hydrogens (primary N) is 1. The molecule has 1 aromatic carbocycles. The molecule has 1 rings (SSSR count). The Bertz CT molecular complexity index is 396. The van der Waals surface area contributed by atoms with Crippen molar-refractivity contribution in [3.63, 3.8) is 0 Å². The normalized spacial score (nSPS) is 12.2. The summed E-state index contributed by atoms with van der Waals surface area (Å²) in [5.41, 5.74) is 6.01. The Hall–Kier alpha value is -1.26. The van der Waals surface area contributed by atoms with Gasteiger partial charge in [0.15, 0.2) is 0 Å². The third-order valence-electron chi connectivity index (χ3n) is 2.12. The lowest BCUT2D eigenvalue weighted by atomic mass is 10.2. The molecular formula is C12H17ClN2O2. The van der Waals surface area contributed by atoms with Crippen molar-refractivity contribution in [1.82, 2.24) is 0 Å². The van der Waals surface area contributed by atoms with Gasteiger partial charge in [0, 0.05) is 11.6 Å². The minimum atomic E-state index is -0.119. The fourth-order valence-corrected chi connectivity index (χ4v) is 1.51.